The first kappa shape index (κ1) is 20.5. The average Bonchev–Trinajstić information content (AvgIpc) is 2.75. The van der Waals surface area contributed by atoms with Crippen molar-refractivity contribution in [3.63, 3.8) is 0 Å². The van der Waals surface area contributed by atoms with Crippen molar-refractivity contribution in [3.05, 3.63) is 99.5 Å². The van der Waals surface area contributed by atoms with E-state index in [0.717, 1.165) is 5.56 Å². The van der Waals surface area contributed by atoms with Gasteiger partial charge in [-0.1, -0.05) is 77.8 Å². The molecule has 4 nitrogen and oxygen atoms in total. The Hall–Kier alpha value is -3.26. The van der Waals surface area contributed by atoms with E-state index in [0.29, 0.717) is 28.6 Å². The van der Waals surface area contributed by atoms with E-state index in [-0.39, 0.29) is 10.6 Å². The number of hydrogen-bond acceptors (Lipinski definition) is 3. The highest BCUT2D eigenvalue weighted by molar-refractivity contribution is 6.44. The number of anilines is 1. The maximum absolute atomic E-state index is 12.6. The molecule has 0 saturated heterocycles. The Kier molecular flexibility index (Phi) is 6.91. The number of hydrogen-bond donors (Lipinski definition) is 1. The van der Waals surface area contributed by atoms with E-state index in [2.05, 4.69) is 5.32 Å². The van der Waals surface area contributed by atoms with Gasteiger partial charge in [-0.15, -0.1) is 0 Å². The van der Waals surface area contributed by atoms with Crippen LogP contribution >= 0.6 is 23.2 Å². The standard InChI is InChI=1S/C23H16Cl2N2O2/c24-19-10-6-11-20(22(19)25)27-23(28)18(14-26)13-17-9-4-5-12-21(17)29-15-16-7-2-1-3-8-16/h1-13H,15H2,(H,27,28)/b18-13+. The predicted octanol–water partition coefficient (Wildman–Crippen LogP) is 6.12. The summed E-state index contributed by atoms with van der Waals surface area (Å²) in [6.45, 7) is 0.373. The van der Waals surface area contributed by atoms with E-state index < -0.39 is 5.91 Å². The molecule has 1 N–H and O–H groups in total. The van der Waals surface area contributed by atoms with Gasteiger partial charge in [0.1, 0.15) is 24.0 Å². The number of halogens is 2. The van der Waals surface area contributed by atoms with Crippen LogP contribution in [0.4, 0.5) is 5.69 Å². The normalized spacial score (nSPS) is 10.9. The van der Waals surface area contributed by atoms with E-state index in [1.54, 1.807) is 30.3 Å². The van der Waals surface area contributed by atoms with Gasteiger partial charge < -0.3 is 10.1 Å². The molecule has 144 valence electrons. The van der Waals surface area contributed by atoms with Crippen molar-refractivity contribution in [2.75, 3.05) is 5.32 Å². The maximum atomic E-state index is 12.6. The minimum Gasteiger partial charge on any atom is -0.488 e. The van der Waals surface area contributed by atoms with Crippen molar-refractivity contribution in [1.82, 2.24) is 0 Å². The van der Waals surface area contributed by atoms with Crippen molar-refractivity contribution >= 4 is 40.9 Å². The molecule has 3 aromatic rings. The summed E-state index contributed by atoms with van der Waals surface area (Å²) in [5.41, 5.74) is 1.88. The van der Waals surface area contributed by atoms with Crippen LogP contribution in [0.5, 0.6) is 5.75 Å². The summed E-state index contributed by atoms with van der Waals surface area (Å²) in [6, 6.07) is 23.7. The molecule has 0 aliphatic rings. The highest BCUT2D eigenvalue weighted by Gasteiger charge is 2.14. The lowest BCUT2D eigenvalue weighted by molar-refractivity contribution is -0.112. The fourth-order valence-corrected chi connectivity index (χ4v) is 2.91. The number of rotatable bonds is 6. The van der Waals surface area contributed by atoms with Gasteiger partial charge in [0, 0.05) is 5.56 Å². The topological polar surface area (TPSA) is 62.1 Å². The van der Waals surface area contributed by atoms with Crippen molar-refractivity contribution in [2.45, 2.75) is 6.61 Å². The Morgan fingerprint density at radius 1 is 1.00 bits per heavy atom. The fourth-order valence-electron chi connectivity index (χ4n) is 2.56. The quantitative estimate of drug-likeness (QED) is 0.384. The highest BCUT2D eigenvalue weighted by Crippen LogP contribution is 2.30. The van der Waals surface area contributed by atoms with E-state index in [4.69, 9.17) is 27.9 Å². The first-order valence-electron chi connectivity index (χ1n) is 8.71. The molecule has 0 saturated carbocycles. The summed E-state index contributed by atoms with van der Waals surface area (Å²) in [4.78, 5) is 12.6. The van der Waals surface area contributed by atoms with Gasteiger partial charge in [0.25, 0.3) is 5.91 Å². The lowest BCUT2D eigenvalue weighted by Gasteiger charge is -2.10. The van der Waals surface area contributed by atoms with E-state index in [9.17, 15) is 10.1 Å². The fraction of sp³-hybridized carbons (Fsp3) is 0.0435. The molecule has 0 unspecified atom stereocenters. The number of carbonyl (C=O) groups excluding carboxylic acids is 1. The Labute approximate surface area is 179 Å². The van der Waals surface area contributed by atoms with Gasteiger partial charge in [0.15, 0.2) is 0 Å². The second-order valence-corrected chi connectivity index (χ2v) is 6.82. The maximum Gasteiger partial charge on any atom is 0.266 e. The summed E-state index contributed by atoms with van der Waals surface area (Å²) >= 11 is 12.1. The van der Waals surface area contributed by atoms with Crippen LogP contribution in [-0.4, -0.2) is 5.91 Å². The molecular formula is C23H16Cl2N2O2. The van der Waals surface area contributed by atoms with Gasteiger partial charge >= 0.3 is 0 Å². The van der Waals surface area contributed by atoms with Gasteiger partial charge in [0.05, 0.1) is 15.7 Å². The second-order valence-electron chi connectivity index (χ2n) is 6.04. The summed E-state index contributed by atoms with van der Waals surface area (Å²) < 4.78 is 5.88. The zero-order valence-corrected chi connectivity index (χ0v) is 16.7. The second kappa shape index (κ2) is 9.79. The highest BCUT2D eigenvalue weighted by atomic mass is 35.5. The molecule has 0 atom stereocenters. The zero-order valence-electron chi connectivity index (χ0n) is 15.2. The Morgan fingerprint density at radius 3 is 2.48 bits per heavy atom. The summed E-state index contributed by atoms with van der Waals surface area (Å²) in [7, 11) is 0. The first-order chi connectivity index (χ1) is 14.1. The SMILES string of the molecule is N#C/C(=C\c1ccccc1OCc1ccccc1)C(=O)Nc1cccc(Cl)c1Cl. The summed E-state index contributed by atoms with van der Waals surface area (Å²) in [5.74, 6) is -0.0211. The largest absolute Gasteiger partial charge is 0.488 e. The molecule has 0 fully saturated rings. The van der Waals surface area contributed by atoms with Gasteiger partial charge in [-0.25, -0.2) is 0 Å². The molecule has 29 heavy (non-hydrogen) atoms. The Morgan fingerprint density at radius 2 is 1.72 bits per heavy atom. The molecule has 3 aromatic carbocycles. The van der Waals surface area contributed by atoms with Crippen LogP contribution in [0, 0.1) is 11.3 Å². The average molecular weight is 423 g/mol. The van der Waals surface area contributed by atoms with E-state index >= 15 is 0 Å². The molecule has 1 amide bonds. The number of nitrogens with zero attached hydrogens (tertiary/aromatic N) is 1. The van der Waals surface area contributed by atoms with Crippen LogP contribution in [0.3, 0.4) is 0 Å². The summed E-state index contributed by atoms with van der Waals surface area (Å²) in [6.07, 6.45) is 1.48. The molecule has 6 heteroatoms. The summed E-state index contributed by atoms with van der Waals surface area (Å²) in [5, 5.41) is 12.6. The van der Waals surface area contributed by atoms with E-state index in [1.807, 2.05) is 48.5 Å². The number of para-hydroxylation sites is 1. The number of amides is 1. The molecule has 0 bridgehead atoms. The Bertz CT molecular complexity index is 1090. The minimum atomic E-state index is -0.588. The Balaban J connectivity index is 1.81. The third-order valence-electron chi connectivity index (χ3n) is 4.02. The van der Waals surface area contributed by atoms with Crippen LogP contribution in [0.1, 0.15) is 11.1 Å². The van der Waals surface area contributed by atoms with Crippen molar-refractivity contribution in [2.24, 2.45) is 0 Å². The van der Waals surface area contributed by atoms with Crippen LogP contribution in [0.15, 0.2) is 78.4 Å². The van der Waals surface area contributed by atoms with Crippen molar-refractivity contribution < 1.29 is 9.53 Å². The monoisotopic (exact) mass is 422 g/mol. The molecule has 0 aliphatic heterocycles. The van der Waals surface area contributed by atoms with Crippen molar-refractivity contribution in [1.29, 1.82) is 5.26 Å². The van der Waals surface area contributed by atoms with Crippen LogP contribution < -0.4 is 10.1 Å². The first-order valence-corrected chi connectivity index (χ1v) is 9.47. The lowest BCUT2D eigenvalue weighted by atomic mass is 10.1. The number of nitrogens with one attached hydrogen (secondary N) is 1. The zero-order chi connectivity index (χ0) is 20.6. The number of nitriles is 1. The molecule has 0 aromatic heterocycles. The smallest absolute Gasteiger partial charge is 0.266 e. The van der Waals surface area contributed by atoms with Gasteiger partial charge in [-0.3, -0.25) is 4.79 Å². The number of benzene rings is 3. The van der Waals surface area contributed by atoms with Crippen LogP contribution in [-0.2, 0) is 11.4 Å². The molecule has 0 spiro atoms. The molecule has 3 rings (SSSR count). The minimum absolute atomic E-state index is 0.0863. The predicted molar refractivity (Wildman–Crippen MR) is 116 cm³/mol. The number of ether oxygens (including phenoxy) is 1. The molecular weight excluding hydrogens is 407 g/mol. The molecule has 0 aliphatic carbocycles. The van der Waals surface area contributed by atoms with Crippen LogP contribution in [0.25, 0.3) is 6.08 Å². The third kappa shape index (κ3) is 5.39. The van der Waals surface area contributed by atoms with Gasteiger partial charge in [0.2, 0.25) is 0 Å². The lowest BCUT2D eigenvalue weighted by Crippen LogP contribution is -2.13. The van der Waals surface area contributed by atoms with Crippen LogP contribution in [0.2, 0.25) is 10.0 Å². The molecule has 0 radical (unpaired) electrons. The third-order valence-corrected chi connectivity index (χ3v) is 4.84. The number of carbonyl (C=O) groups is 1. The van der Waals surface area contributed by atoms with Crippen molar-refractivity contribution in [3.8, 4) is 11.8 Å². The van der Waals surface area contributed by atoms with E-state index in [1.165, 1.54) is 6.08 Å². The molecule has 0 heterocycles. The van der Waals surface area contributed by atoms with Gasteiger partial charge in [-0.2, -0.15) is 5.26 Å². The van der Waals surface area contributed by atoms with Gasteiger partial charge in [-0.05, 0) is 29.8 Å².